The third-order valence-corrected chi connectivity index (χ3v) is 3.94. The van der Waals surface area contributed by atoms with Gasteiger partial charge in [0.1, 0.15) is 5.82 Å². The number of aliphatic hydroxyl groups is 1. The summed E-state index contributed by atoms with van der Waals surface area (Å²) in [5.41, 5.74) is 0.0638. The molecule has 24 heavy (non-hydrogen) atoms. The number of hydrogen-bond donors (Lipinski definition) is 3. The zero-order chi connectivity index (χ0) is 16.7. The van der Waals surface area contributed by atoms with Crippen LogP contribution in [-0.4, -0.2) is 42.9 Å². The third-order valence-electron chi connectivity index (χ3n) is 3.94. The van der Waals surface area contributed by atoms with Crippen molar-refractivity contribution in [3.63, 3.8) is 0 Å². The molecule has 0 saturated carbocycles. The molecule has 7 heteroatoms. The largest absolute Gasteiger partial charge is 0.386 e. The quantitative estimate of drug-likeness (QED) is 0.354. The Morgan fingerprint density at radius 3 is 2.79 bits per heavy atom. The molecule has 1 fully saturated rings. The fraction of sp³-hybridized carbons (Fsp3) is 0.588. The minimum Gasteiger partial charge on any atom is -0.386 e. The van der Waals surface area contributed by atoms with E-state index in [0.29, 0.717) is 19.0 Å². The lowest BCUT2D eigenvalue weighted by atomic mass is 10.0. The topological polar surface area (TPSA) is 65.9 Å². The molecule has 5 nitrogen and oxygen atoms in total. The van der Waals surface area contributed by atoms with Gasteiger partial charge in [0.25, 0.3) is 0 Å². The van der Waals surface area contributed by atoms with Gasteiger partial charge >= 0.3 is 0 Å². The molecule has 3 N–H and O–H groups in total. The Morgan fingerprint density at radius 2 is 2.17 bits per heavy atom. The summed E-state index contributed by atoms with van der Waals surface area (Å²) in [5, 5.41) is 16.3. The maximum atomic E-state index is 13.7. The molecule has 1 aromatic rings. The maximum Gasteiger partial charge on any atom is 0.191 e. The van der Waals surface area contributed by atoms with Gasteiger partial charge in [0.2, 0.25) is 0 Å². The van der Waals surface area contributed by atoms with Crippen molar-refractivity contribution < 1.29 is 14.2 Å². The van der Waals surface area contributed by atoms with Crippen LogP contribution in [0.5, 0.6) is 0 Å². The Bertz CT molecular complexity index is 536. The zero-order valence-electron chi connectivity index (χ0n) is 14.2. The van der Waals surface area contributed by atoms with Gasteiger partial charge in [-0.1, -0.05) is 18.2 Å². The van der Waals surface area contributed by atoms with E-state index in [1.807, 2.05) is 6.92 Å². The lowest BCUT2D eigenvalue weighted by molar-refractivity contribution is 0.0283. The second kappa shape index (κ2) is 10.1. The molecular weight excluding hydrogens is 424 g/mol. The highest BCUT2D eigenvalue weighted by molar-refractivity contribution is 14.0. The van der Waals surface area contributed by atoms with E-state index in [1.54, 1.807) is 18.2 Å². The zero-order valence-corrected chi connectivity index (χ0v) is 16.5. The highest BCUT2D eigenvalue weighted by atomic mass is 127. The van der Waals surface area contributed by atoms with Gasteiger partial charge in [-0.25, -0.2) is 4.39 Å². The van der Waals surface area contributed by atoms with E-state index >= 15 is 0 Å². The van der Waals surface area contributed by atoms with Crippen molar-refractivity contribution in [3.8, 4) is 0 Å². The van der Waals surface area contributed by atoms with Gasteiger partial charge in [0, 0.05) is 25.3 Å². The first-order chi connectivity index (χ1) is 11.0. The predicted molar refractivity (Wildman–Crippen MR) is 104 cm³/mol. The summed E-state index contributed by atoms with van der Waals surface area (Å²) in [6.45, 7) is 6.25. The number of rotatable bonds is 6. The van der Waals surface area contributed by atoms with Gasteiger partial charge in [0.05, 0.1) is 18.2 Å². The van der Waals surface area contributed by atoms with Crippen LogP contribution in [0, 0.1) is 5.82 Å². The molecule has 0 bridgehead atoms. The SMILES string of the molecule is CCNC(=NCC1(C)CCCO1)NCC(O)c1ccccc1F.I. The molecule has 2 unspecified atom stereocenters. The van der Waals surface area contributed by atoms with Crippen molar-refractivity contribution in [1.82, 2.24) is 10.6 Å². The van der Waals surface area contributed by atoms with Gasteiger partial charge in [-0.05, 0) is 32.8 Å². The standard InChI is InChI=1S/C17H26FN3O2.HI/c1-3-19-16(21-12-17(2)9-6-10-23-17)20-11-15(22)13-7-4-5-8-14(13)18;/h4-5,7-8,15,22H,3,6,9-12H2,1-2H3,(H2,19,20,21);1H. The van der Waals surface area contributed by atoms with E-state index in [9.17, 15) is 9.50 Å². The van der Waals surface area contributed by atoms with Gasteiger partial charge in [-0.2, -0.15) is 0 Å². The summed E-state index contributed by atoms with van der Waals surface area (Å²) in [6, 6.07) is 6.24. The lowest BCUT2D eigenvalue weighted by Gasteiger charge is -2.22. The lowest BCUT2D eigenvalue weighted by Crippen LogP contribution is -2.41. The molecule has 136 valence electrons. The number of guanidine groups is 1. The average molecular weight is 451 g/mol. The number of benzene rings is 1. The second-order valence-electron chi connectivity index (χ2n) is 6.02. The van der Waals surface area contributed by atoms with E-state index in [1.165, 1.54) is 6.07 Å². The van der Waals surface area contributed by atoms with Crippen molar-refractivity contribution in [2.24, 2.45) is 4.99 Å². The summed E-state index contributed by atoms with van der Waals surface area (Å²) in [5.74, 6) is 0.190. The van der Waals surface area contributed by atoms with Crippen LogP contribution >= 0.6 is 24.0 Å². The Hall–Kier alpha value is -0.930. The van der Waals surface area contributed by atoms with Crippen molar-refractivity contribution >= 4 is 29.9 Å². The van der Waals surface area contributed by atoms with Crippen LogP contribution < -0.4 is 10.6 Å². The summed E-state index contributed by atoms with van der Waals surface area (Å²) < 4.78 is 19.4. The number of nitrogens with zero attached hydrogens (tertiary/aromatic N) is 1. The molecule has 0 radical (unpaired) electrons. The second-order valence-corrected chi connectivity index (χ2v) is 6.02. The van der Waals surface area contributed by atoms with Gasteiger partial charge in [0.15, 0.2) is 5.96 Å². The van der Waals surface area contributed by atoms with Crippen LogP contribution in [0.2, 0.25) is 0 Å². The van der Waals surface area contributed by atoms with Crippen LogP contribution in [0.25, 0.3) is 0 Å². The summed E-state index contributed by atoms with van der Waals surface area (Å²) in [4.78, 5) is 4.52. The summed E-state index contributed by atoms with van der Waals surface area (Å²) >= 11 is 0. The van der Waals surface area contributed by atoms with E-state index in [-0.39, 0.29) is 41.7 Å². The number of aliphatic hydroxyl groups excluding tert-OH is 1. The number of halogens is 2. The molecule has 1 aromatic carbocycles. The molecule has 2 atom stereocenters. The highest BCUT2D eigenvalue weighted by Crippen LogP contribution is 2.25. The van der Waals surface area contributed by atoms with Gasteiger partial charge in [-0.3, -0.25) is 4.99 Å². The third kappa shape index (κ3) is 6.18. The molecule has 1 aliphatic heterocycles. The first-order valence-corrected chi connectivity index (χ1v) is 8.13. The fourth-order valence-corrected chi connectivity index (χ4v) is 2.60. The molecule has 1 aliphatic rings. The van der Waals surface area contributed by atoms with E-state index < -0.39 is 11.9 Å². The molecule has 0 aromatic heterocycles. The van der Waals surface area contributed by atoms with E-state index in [2.05, 4.69) is 22.5 Å². The molecule has 0 aliphatic carbocycles. The van der Waals surface area contributed by atoms with Gasteiger partial charge < -0.3 is 20.5 Å². The highest BCUT2D eigenvalue weighted by Gasteiger charge is 2.29. The Kier molecular flexibility index (Phi) is 8.93. The van der Waals surface area contributed by atoms with Crippen molar-refractivity contribution in [3.05, 3.63) is 35.6 Å². The number of hydrogen-bond acceptors (Lipinski definition) is 3. The normalized spacial score (nSPS) is 21.9. The van der Waals surface area contributed by atoms with Crippen LogP contribution in [0.3, 0.4) is 0 Å². The number of nitrogens with one attached hydrogen (secondary N) is 2. The van der Waals surface area contributed by atoms with E-state index in [0.717, 1.165) is 19.4 Å². The summed E-state index contributed by atoms with van der Waals surface area (Å²) in [6.07, 6.45) is 1.12. The minimum atomic E-state index is -0.932. The smallest absolute Gasteiger partial charge is 0.191 e. The van der Waals surface area contributed by atoms with Crippen molar-refractivity contribution in [2.75, 3.05) is 26.2 Å². The molecule has 2 rings (SSSR count). The van der Waals surface area contributed by atoms with Crippen molar-refractivity contribution in [2.45, 2.75) is 38.4 Å². The number of ether oxygens (including phenoxy) is 1. The first-order valence-electron chi connectivity index (χ1n) is 8.13. The first kappa shape index (κ1) is 21.1. The van der Waals surface area contributed by atoms with Crippen LogP contribution in [0.1, 0.15) is 38.4 Å². The fourth-order valence-electron chi connectivity index (χ4n) is 2.60. The minimum absolute atomic E-state index is 0. The van der Waals surface area contributed by atoms with Crippen LogP contribution in [0.15, 0.2) is 29.3 Å². The van der Waals surface area contributed by atoms with Crippen molar-refractivity contribution in [1.29, 1.82) is 0 Å². The summed E-state index contributed by atoms with van der Waals surface area (Å²) in [7, 11) is 0. The maximum absolute atomic E-state index is 13.7. The van der Waals surface area contributed by atoms with E-state index in [4.69, 9.17) is 4.74 Å². The van der Waals surface area contributed by atoms with Crippen LogP contribution in [-0.2, 0) is 4.74 Å². The molecule has 1 heterocycles. The Morgan fingerprint density at radius 1 is 1.42 bits per heavy atom. The number of aliphatic imine (C=N–C) groups is 1. The molecule has 0 spiro atoms. The van der Waals surface area contributed by atoms with Gasteiger partial charge in [-0.15, -0.1) is 24.0 Å². The Labute approximate surface area is 160 Å². The molecule has 0 amide bonds. The molecular formula is C17H27FIN3O2. The predicted octanol–water partition coefficient (Wildman–Crippen LogP) is 2.60. The Balaban J connectivity index is 0.00000288. The van der Waals surface area contributed by atoms with Crippen LogP contribution in [0.4, 0.5) is 4.39 Å². The molecule has 1 saturated heterocycles. The monoisotopic (exact) mass is 451 g/mol. The average Bonchev–Trinajstić information content (AvgIpc) is 2.97.